The minimum Gasteiger partial charge on any atom is -0.469 e. The third kappa shape index (κ3) is 4.01. The third-order valence-electron chi connectivity index (χ3n) is 5.16. The molecule has 0 spiro atoms. The van der Waals surface area contributed by atoms with Crippen molar-refractivity contribution < 1.29 is 13.2 Å². The Kier molecular flexibility index (Phi) is 5.44. The molecule has 1 fully saturated rings. The molecule has 0 unspecified atom stereocenters. The predicted octanol–water partition coefficient (Wildman–Crippen LogP) is 4.56. The van der Waals surface area contributed by atoms with Crippen LogP contribution >= 0.6 is 11.6 Å². The quantitative estimate of drug-likeness (QED) is 0.280. The van der Waals surface area contributed by atoms with Crippen LogP contribution in [0.5, 0.6) is 5.88 Å². The molecule has 28 heavy (non-hydrogen) atoms. The summed E-state index contributed by atoms with van der Waals surface area (Å²) < 4.78 is 30.6. The fourth-order valence-electron chi connectivity index (χ4n) is 3.37. The van der Waals surface area contributed by atoms with Gasteiger partial charge in [0.15, 0.2) is 9.84 Å². The molecule has 0 N–H and O–H groups in total. The maximum Gasteiger partial charge on any atom is 0.223 e. The van der Waals surface area contributed by atoms with Gasteiger partial charge in [-0.05, 0) is 41.8 Å². The van der Waals surface area contributed by atoms with Gasteiger partial charge in [0.1, 0.15) is 10.8 Å². The Bertz CT molecular complexity index is 1060. The average molecular weight is 424 g/mol. The lowest BCUT2D eigenvalue weighted by atomic mass is 9.81. The maximum atomic E-state index is 12.2. The van der Waals surface area contributed by atoms with Crippen molar-refractivity contribution >= 4 is 32.2 Å². The molecule has 150 valence electrons. The van der Waals surface area contributed by atoms with E-state index in [-0.39, 0.29) is 16.7 Å². The van der Waals surface area contributed by atoms with E-state index in [9.17, 15) is 8.42 Å². The van der Waals surface area contributed by atoms with E-state index in [2.05, 4.69) is 20.0 Å². The van der Waals surface area contributed by atoms with Gasteiger partial charge < -0.3 is 4.74 Å². The summed E-state index contributed by atoms with van der Waals surface area (Å²) in [5.74, 6) is 0.348. The Morgan fingerprint density at radius 2 is 2.04 bits per heavy atom. The molecule has 0 radical (unpaired) electrons. The molecule has 1 aliphatic rings. The van der Waals surface area contributed by atoms with E-state index in [1.807, 2.05) is 0 Å². The van der Waals surface area contributed by atoms with Gasteiger partial charge in [-0.3, -0.25) is 0 Å². The Balaban J connectivity index is 2.10. The molecule has 3 rings (SSSR count). The van der Waals surface area contributed by atoms with Crippen LogP contribution in [0.25, 0.3) is 21.2 Å². The molecule has 1 saturated carbocycles. The normalized spacial score (nSPS) is 16.3. The first-order chi connectivity index (χ1) is 13.1. The smallest absolute Gasteiger partial charge is 0.223 e. The maximum absolute atomic E-state index is 12.2. The minimum atomic E-state index is -3.20. The van der Waals surface area contributed by atoms with Crippen molar-refractivity contribution in [3.05, 3.63) is 39.6 Å². The van der Waals surface area contributed by atoms with E-state index in [0.29, 0.717) is 35.1 Å². The topological polar surface area (TPSA) is 118 Å². The predicted molar refractivity (Wildman–Crippen MR) is 108 cm³/mol. The average Bonchev–Trinajstić information content (AvgIpc) is 2.59. The number of rotatable bonds is 7. The molecule has 10 heteroatoms. The number of nitrogens with zero attached hydrogens (tertiary/aromatic N) is 5. The Morgan fingerprint density at radius 3 is 2.61 bits per heavy atom. The fourth-order valence-corrected chi connectivity index (χ4v) is 4.89. The molecule has 2 aromatic heterocycles. The highest BCUT2D eigenvalue weighted by molar-refractivity contribution is 7.91. The number of pyridine rings is 2. The van der Waals surface area contributed by atoms with Gasteiger partial charge in [-0.15, -0.1) is 0 Å². The molecule has 0 aromatic carbocycles. The number of ether oxygens (including phenoxy) is 1. The summed E-state index contributed by atoms with van der Waals surface area (Å²) in [6.45, 7) is 5.19. The molecule has 0 bridgehead atoms. The molecular formula is C18H22ClN5O3S. The molecule has 8 nitrogen and oxygen atoms in total. The van der Waals surface area contributed by atoms with E-state index < -0.39 is 21.0 Å². The highest BCUT2D eigenvalue weighted by Crippen LogP contribution is 2.41. The lowest BCUT2D eigenvalue weighted by Gasteiger charge is -2.41. The number of hydrogen-bond donors (Lipinski definition) is 0. The molecule has 0 amide bonds. The van der Waals surface area contributed by atoms with Crippen LogP contribution < -0.4 is 4.74 Å². The zero-order valence-electron chi connectivity index (χ0n) is 16.0. The third-order valence-corrected chi connectivity index (χ3v) is 7.21. The van der Waals surface area contributed by atoms with Gasteiger partial charge in [0.25, 0.3) is 0 Å². The lowest BCUT2D eigenvalue weighted by molar-refractivity contribution is 0.0119. The van der Waals surface area contributed by atoms with Crippen molar-refractivity contribution in [1.29, 1.82) is 0 Å². The van der Waals surface area contributed by atoms with E-state index in [1.54, 1.807) is 39.2 Å². The van der Waals surface area contributed by atoms with Crippen molar-refractivity contribution in [2.75, 3.05) is 11.5 Å². The van der Waals surface area contributed by atoms with Crippen molar-refractivity contribution in [2.45, 2.75) is 51.2 Å². The second-order valence-electron chi connectivity index (χ2n) is 7.59. The van der Waals surface area contributed by atoms with Crippen molar-refractivity contribution in [2.24, 2.45) is 5.11 Å². The van der Waals surface area contributed by atoms with Gasteiger partial charge in [0, 0.05) is 23.1 Å². The van der Waals surface area contributed by atoms with Crippen molar-refractivity contribution in [3.8, 4) is 5.88 Å². The molecule has 0 atom stereocenters. The summed E-state index contributed by atoms with van der Waals surface area (Å²) in [7, 11) is -3.20. The molecule has 1 aliphatic carbocycles. The van der Waals surface area contributed by atoms with Crippen LogP contribution in [0.2, 0.25) is 5.15 Å². The zero-order valence-corrected chi connectivity index (χ0v) is 17.6. The van der Waals surface area contributed by atoms with E-state index in [1.165, 1.54) is 0 Å². The second-order valence-corrected chi connectivity index (χ2v) is 10.3. The van der Waals surface area contributed by atoms with Gasteiger partial charge in [0.2, 0.25) is 5.88 Å². The Morgan fingerprint density at radius 1 is 1.32 bits per heavy atom. The van der Waals surface area contributed by atoms with Crippen LogP contribution in [0.15, 0.2) is 23.6 Å². The van der Waals surface area contributed by atoms with Crippen LogP contribution in [0, 0.1) is 0 Å². The minimum absolute atomic E-state index is 0.0351. The summed E-state index contributed by atoms with van der Waals surface area (Å²) in [5.41, 5.74) is 7.94. The van der Waals surface area contributed by atoms with E-state index >= 15 is 0 Å². The lowest BCUT2D eigenvalue weighted by Crippen LogP contribution is -2.49. The number of azide groups is 1. The van der Waals surface area contributed by atoms with E-state index in [0.717, 1.165) is 6.42 Å². The van der Waals surface area contributed by atoms with Crippen LogP contribution in [0.1, 0.15) is 45.6 Å². The summed E-state index contributed by atoms with van der Waals surface area (Å²) in [6, 6.07) is 1.67. The number of aromatic nitrogens is 2. The fraction of sp³-hybridized carbons (Fsp3) is 0.556. The van der Waals surface area contributed by atoms with Gasteiger partial charge in [-0.1, -0.05) is 37.5 Å². The highest BCUT2D eigenvalue weighted by atomic mass is 35.5. The molecule has 2 aromatic rings. The van der Waals surface area contributed by atoms with Gasteiger partial charge in [-0.2, -0.15) is 0 Å². The zero-order chi connectivity index (χ0) is 20.6. The van der Waals surface area contributed by atoms with Crippen LogP contribution in [-0.2, 0) is 15.4 Å². The number of fused-ring (bicyclic) bond motifs is 1. The highest BCUT2D eigenvalue weighted by Gasteiger charge is 2.43. The van der Waals surface area contributed by atoms with Crippen molar-refractivity contribution in [3.63, 3.8) is 0 Å². The summed E-state index contributed by atoms with van der Waals surface area (Å²) in [4.78, 5) is 11.5. The van der Waals surface area contributed by atoms with Gasteiger partial charge >= 0.3 is 0 Å². The van der Waals surface area contributed by atoms with Crippen LogP contribution in [-0.4, -0.2) is 35.5 Å². The monoisotopic (exact) mass is 423 g/mol. The SMILES string of the molecule is CCS(=O)(=O)CC1(Oc2ncc(C(C)(C)N=[N+]=[N-])c3cc(Cl)ncc23)CCC1. The van der Waals surface area contributed by atoms with Crippen molar-refractivity contribution in [1.82, 2.24) is 9.97 Å². The van der Waals surface area contributed by atoms with Gasteiger partial charge in [0.05, 0.1) is 16.7 Å². The number of hydrogen-bond acceptors (Lipinski definition) is 6. The first kappa shape index (κ1) is 20.6. The molecule has 0 aliphatic heterocycles. The Labute approximate surface area is 168 Å². The first-order valence-corrected chi connectivity index (χ1v) is 11.2. The number of sulfone groups is 1. The van der Waals surface area contributed by atoms with Crippen LogP contribution in [0.4, 0.5) is 0 Å². The first-order valence-electron chi connectivity index (χ1n) is 9.02. The van der Waals surface area contributed by atoms with Gasteiger partial charge in [-0.25, -0.2) is 18.4 Å². The standard InChI is InChI=1S/C18H22ClN5O3S/c1-4-28(25,26)11-18(6-5-7-18)27-16-13-9-21-15(19)8-12(13)14(10-22-16)17(2,3)23-24-20/h8-10H,4-7,11H2,1-3H3. The van der Waals surface area contributed by atoms with Crippen LogP contribution in [0.3, 0.4) is 0 Å². The second kappa shape index (κ2) is 7.39. The number of halogens is 1. The summed E-state index contributed by atoms with van der Waals surface area (Å²) >= 11 is 6.09. The van der Waals surface area contributed by atoms with E-state index in [4.69, 9.17) is 21.9 Å². The summed E-state index contributed by atoms with van der Waals surface area (Å²) in [5, 5.41) is 5.45. The molecule has 2 heterocycles. The Hall–Kier alpha value is -2.09. The largest absolute Gasteiger partial charge is 0.469 e. The molecular weight excluding hydrogens is 402 g/mol. The molecule has 0 saturated heterocycles. The summed E-state index contributed by atoms with van der Waals surface area (Å²) in [6.07, 6.45) is 5.35.